The molecule has 0 radical (unpaired) electrons. The summed E-state index contributed by atoms with van der Waals surface area (Å²) in [5.74, 6) is 0.818. The molecule has 0 N–H and O–H groups in total. The lowest BCUT2D eigenvalue weighted by molar-refractivity contribution is -0.132. The van der Waals surface area contributed by atoms with Crippen molar-refractivity contribution in [2.45, 2.75) is 26.2 Å². The molecule has 0 unspecified atom stereocenters. The largest absolute Gasteiger partial charge is 0.493 e. The van der Waals surface area contributed by atoms with Crippen molar-refractivity contribution in [3.8, 4) is 17.2 Å². The number of rotatable bonds is 6. The number of nitrogens with zero attached hydrogens (tertiary/aromatic N) is 1. The minimum Gasteiger partial charge on any atom is -0.493 e. The molecule has 0 aromatic heterocycles. The number of halogens is 1. The number of likely N-dealkylation sites (tertiary alicyclic amines) is 1. The summed E-state index contributed by atoms with van der Waals surface area (Å²) in [6, 6.07) is 11.5. The number of methoxy groups -OCH3 is 1. The van der Waals surface area contributed by atoms with Gasteiger partial charge >= 0.3 is 5.97 Å². The van der Waals surface area contributed by atoms with E-state index in [-0.39, 0.29) is 23.6 Å². The number of benzene rings is 2. The van der Waals surface area contributed by atoms with E-state index in [4.69, 9.17) is 14.2 Å². The molecule has 0 bridgehead atoms. The van der Waals surface area contributed by atoms with Crippen molar-refractivity contribution in [2.24, 2.45) is 5.92 Å². The lowest BCUT2D eigenvalue weighted by Crippen LogP contribution is -2.44. The van der Waals surface area contributed by atoms with Crippen molar-refractivity contribution < 1.29 is 28.2 Å². The number of carbonyl (C=O) groups excluding carboxylic acids is 2. The maximum Gasteiger partial charge on any atom is 0.308 e. The molecule has 2 aromatic carbocycles. The highest BCUT2D eigenvalue weighted by Crippen LogP contribution is 2.35. The lowest BCUT2D eigenvalue weighted by atomic mass is 9.81. The normalized spacial score (nSPS) is 18.6. The minimum absolute atomic E-state index is 0.0324. The van der Waals surface area contributed by atoms with Gasteiger partial charge in [0.15, 0.2) is 11.5 Å². The number of hydrogen-bond donors (Lipinski definition) is 0. The zero-order valence-corrected chi connectivity index (χ0v) is 17.4. The molecule has 1 amide bonds. The number of piperidine rings is 1. The van der Waals surface area contributed by atoms with Gasteiger partial charge in [0.05, 0.1) is 13.7 Å². The van der Waals surface area contributed by atoms with Gasteiger partial charge in [-0.15, -0.1) is 0 Å². The van der Waals surface area contributed by atoms with Gasteiger partial charge in [-0.05, 0) is 42.2 Å². The van der Waals surface area contributed by atoms with Crippen LogP contribution in [-0.2, 0) is 9.59 Å². The third kappa shape index (κ3) is 5.28. The predicted molar refractivity (Wildman–Crippen MR) is 109 cm³/mol. The van der Waals surface area contributed by atoms with Crippen LogP contribution >= 0.6 is 0 Å². The summed E-state index contributed by atoms with van der Waals surface area (Å²) >= 11 is 0. The van der Waals surface area contributed by atoms with E-state index in [0.717, 1.165) is 12.0 Å². The summed E-state index contributed by atoms with van der Waals surface area (Å²) < 4.78 is 29.8. The van der Waals surface area contributed by atoms with Crippen molar-refractivity contribution in [1.29, 1.82) is 0 Å². The Balaban J connectivity index is 1.75. The summed E-state index contributed by atoms with van der Waals surface area (Å²) in [5.41, 5.74) is 1.04. The molecule has 2 aromatic rings. The Morgan fingerprint density at radius 2 is 1.83 bits per heavy atom. The number of amides is 1. The summed E-state index contributed by atoms with van der Waals surface area (Å²) in [5, 5.41) is 0. The average molecular weight is 415 g/mol. The summed E-state index contributed by atoms with van der Waals surface area (Å²) in [7, 11) is 1.49. The Kier molecular flexibility index (Phi) is 6.92. The maximum atomic E-state index is 13.4. The molecular formula is C23H26FNO5. The van der Waals surface area contributed by atoms with E-state index in [0.29, 0.717) is 36.9 Å². The average Bonchev–Trinajstić information content (AvgIpc) is 2.73. The van der Waals surface area contributed by atoms with Crippen LogP contribution in [0.2, 0.25) is 0 Å². The SMILES string of the molecule is COc1cc(OC[C@@H]2CN(C(C)=O)CC[C@H]2c2ccc(F)cc2)ccc1OC(C)=O. The number of hydrogen-bond acceptors (Lipinski definition) is 5. The Morgan fingerprint density at radius 3 is 2.47 bits per heavy atom. The van der Waals surface area contributed by atoms with Gasteiger partial charge < -0.3 is 19.1 Å². The van der Waals surface area contributed by atoms with Crippen LogP contribution < -0.4 is 14.2 Å². The van der Waals surface area contributed by atoms with Crippen LogP contribution in [0.4, 0.5) is 4.39 Å². The zero-order chi connectivity index (χ0) is 21.7. The topological polar surface area (TPSA) is 65.1 Å². The van der Waals surface area contributed by atoms with Crippen LogP contribution in [0.1, 0.15) is 31.7 Å². The minimum atomic E-state index is -0.435. The quantitative estimate of drug-likeness (QED) is 0.531. The molecule has 7 heteroatoms. The molecule has 0 saturated carbocycles. The molecule has 1 fully saturated rings. The molecule has 3 rings (SSSR count). The van der Waals surface area contributed by atoms with Crippen molar-refractivity contribution in [3.05, 3.63) is 53.8 Å². The fraction of sp³-hybridized carbons (Fsp3) is 0.391. The third-order valence-electron chi connectivity index (χ3n) is 5.33. The smallest absolute Gasteiger partial charge is 0.308 e. The van der Waals surface area contributed by atoms with Crippen molar-refractivity contribution >= 4 is 11.9 Å². The van der Waals surface area contributed by atoms with Gasteiger partial charge in [-0.25, -0.2) is 4.39 Å². The van der Waals surface area contributed by atoms with Gasteiger partial charge in [0.2, 0.25) is 5.91 Å². The fourth-order valence-electron chi connectivity index (χ4n) is 3.82. The first kappa shape index (κ1) is 21.6. The van der Waals surface area contributed by atoms with Crippen LogP contribution in [0, 0.1) is 11.7 Å². The van der Waals surface area contributed by atoms with E-state index < -0.39 is 5.97 Å². The van der Waals surface area contributed by atoms with Crippen LogP contribution in [0.25, 0.3) is 0 Å². The first-order chi connectivity index (χ1) is 14.4. The number of ether oxygens (including phenoxy) is 3. The van der Waals surface area contributed by atoms with Gasteiger partial charge in [0, 0.05) is 38.9 Å². The van der Waals surface area contributed by atoms with Crippen LogP contribution in [0.15, 0.2) is 42.5 Å². The molecular weight excluding hydrogens is 389 g/mol. The van der Waals surface area contributed by atoms with Gasteiger partial charge in [0.25, 0.3) is 0 Å². The molecule has 1 heterocycles. The molecule has 1 aliphatic rings. The van der Waals surface area contributed by atoms with Gasteiger partial charge in [-0.3, -0.25) is 9.59 Å². The lowest BCUT2D eigenvalue weighted by Gasteiger charge is -2.38. The Labute approximate surface area is 175 Å². The van der Waals surface area contributed by atoms with Gasteiger partial charge in [0.1, 0.15) is 11.6 Å². The first-order valence-electron chi connectivity index (χ1n) is 9.87. The third-order valence-corrected chi connectivity index (χ3v) is 5.33. The molecule has 6 nitrogen and oxygen atoms in total. The summed E-state index contributed by atoms with van der Waals surface area (Å²) in [4.78, 5) is 24.9. The first-order valence-corrected chi connectivity index (χ1v) is 9.87. The number of carbonyl (C=O) groups is 2. The predicted octanol–water partition coefficient (Wildman–Crippen LogP) is 3.79. The van der Waals surface area contributed by atoms with Gasteiger partial charge in [-0.1, -0.05) is 12.1 Å². The molecule has 0 spiro atoms. The standard InChI is InChI=1S/C23H26FNO5/c1-15(26)25-11-10-21(17-4-6-19(24)7-5-17)18(13-25)14-29-20-8-9-22(30-16(2)27)23(12-20)28-3/h4-9,12,18,21H,10-11,13-14H2,1-3H3/t18-,21-/m0/s1. The molecule has 0 aliphatic carbocycles. The molecule has 1 saturated heterocycles. The van der Waals surface area contributed by atoms with Crippen LogP contribution in [0.5, 0.6) is 17.2 Å². The molecule has 30 heavy (non-hydrogen) atoms. The second-order valence-electron chi connectivity index (χ2n) is 7.39. The van der Waals surface area contributed by atoms with Crippen molar-refractivity contribution in [2.75, 3.05) is 26.8 Å². The summed E-state index contributed by atoms with van der Waals surface area (Å²) in [6.45, 7) is 4.50. The highest BCUT2D eigenvalue weighted by molar-refractivity contribution is 5.73. The van der Waals surface area contributed by atoms with Crippen molar-refractivity contribution in [1.82, 2.24) is 4.90 Å². The fourth-order valence-corrected chi connectivity index (χ4v) is 3.82. The molecule has 160 valence electrons. The zero-order valence-electron chi connectivity index (χ0n) is 17.4. The van der Waals surface area contributed by atoms with Gasteiger partial charge in [-0.2, -0.15) is 0 Å². The van der Waals surface area contributed by atoms with Crippen LogP contribution in [0.3, 0.4) is 0 Å². The Bertz CT molecular complexity index is 899. The second-order valence-corrected chi connectivity index (χ2v) is 7.39. The van der Waals surface area contributed by atoms with E-state index in [2.05, 4.69) is 0 Å². The van der Waals surface area contributed by atoms with E-state index in [1.54, 1.807) is 37.3 Å². The van der Waals surface area contributed by atoms with E-state index in [1.807, 2.05) is 4.90 Å². The second kappa shape index (κ2) is 9.61. The van der Waals surface area contributed by atoms with E-state index in [9.17, 15) is 14.0 Å². The molecule has 1 aliphatic heterocycles. The Morgan fingerprint density at radius 1 is 1.10 bits per heavy atom. The van der Waals surface area contributed by atoms with Crippen molar-refractivity contribution in [3.63, 3.8) is 0 Å². The highest BCUT2D eigenvalue weighted by Gasteiger charge is 2.32. The van der Waals surface area contributed by atoms with Crippen LogP contribution in [-0.4, -0.2) is 43.6 Å². The monoisotopic (exact) mass is 415 g/mol. The summed E-state index contributed by atoms with van der Waals surface area (Å²) in [6.07, 6.45) is 0.786. The highest BCUT2D eigenvalue weighted by atomic mass is 19.1. The maximum absolute atomic E-state index is 13.4. The number of esters is 1. The van der Waals surface area contributed by atoms with E-state index >= 15 is 0 Å². The Hall–Kier alpha value is -3.09. The van der Waals surface area contributed by atoms with E-state index in [1.165, 1.54) is 26.2 Å². The molecule has 2 atom stereocenters.